The van der Waals surface area contributed by atoms with E-state index in [-0.39, 0.29) is 23.7 Å². The summed E-state index contributed by atoms with van der Waals surface area (Å²) in [5.41, 5.74) is -0.692. The van der Waals surface area contributed by atoms with Gasteiger partial charge in [-0.1, -0.05) is 11.6 Å². The SMILES string of the molecule is O=C1CN(C(=O)c2ccc(Cl)cc2[N+](=O)[O-])CC(=O)N1. The highest BCUT2D eigenvalue weighted by molar-refractivity contribution is 6.31. The molecule has 20 heavy (non-hydrogen) atoms. The molecule has 2 rings (SSSR count). The van der Waals surface area contributed by atoms with E-state index in [9.17, 15) is 24.5 Å². The van der Waals surface area contributed by atoms with Crippen LogP contribution >= 0.6 is 11.6 Å². The maximum Gasteiger partial charge on any atom is 0.283 e. The van der Waals surface area contributed by atoms with Crippen LogP contribution in [0, 0.1) is 10.1 Å². The van der Waals surface area contributed by atoms with Crippen molar-refractivity contribution in [1.29, 1.82) is 0 Å². The van der Waals surface area contributed by atoms with Gasteiger partial charge in [0.2, 0.25) is 11.8 Å². The summed E-state index contributed by atoms with van der Waals surface area (Å²) in [5.74, 6) is -2.03. The van der Waals surface area contributed by atoms with Gasteiger partial charge in [-0.15, -0.1) is 0 Å². The van der Waals surface area contributed by atoms with E-state index in [1.54, 1.807) is 0 Å². The molecule has 1 heterocycles. The molecular weight excluding hydrogens is 290 g/mol. The first-order chi connectivity index (χ1) is 9.38. The smallest absolute Gasteiger partial charge is 0.283 e. The van der Waals surface area contributed by atoms with Gasteiger partial charge in [0.05, 0.1) is 4.92 Å². The Morgan fingerprint density at radius 2 is 1.90 bits per heavy atom. The minimum Gasteiger partial charge on any atom is -0.320 e. The highest BCUT2D eigenvalue weighted by Gasteiger charge is 2.30. The van der Waals surface area contributed by atoms with Crippen molar-refractivity contribution < 1.29 is 19.3 Å². The first-order valence-electron chi connectivity index (χ1n) is 5.44. The molecule has 1 aliphatic heterocycles. The van der Waals surface area contributed by atoms with E-state index in [0.717, 1.165) is 11.0 Å². The van der Waals surface area contributed by atoms with Crippen molar-refractivity contribution in [3.63, 3.8) is 0 Å². The Kier molecular flexibility index (Phi) is 3.66. The van der Waals surface area contributed by atoms with Crippen LogP contribution in [-0.2, 0) is 9.59 Å². The van der Waals surface area contributed by atoms with E-state index in [2.05, 4.69) is 0 Å². The number of hydrogen-bond donors (Lipinski definition) is 1. The third-order valence-corrected chi connectivity index (χ3v) is 2.86. The second-order valence-electron chi connectivity index (χ2n) is 4.05. The quantitative estimate of drug-likeness (QED) is 0.481. The number of hydrogen-bond acceptors (Lipinski definition) is 5. The average molecular weight is 298 g/mol. The molecule has 3 amide bonds. The van der Waals surface area contributed by atoms with E-state index in [1.165, 1.54) is 12.1 Å². The van der Waals surface area contributed by atoms with Crippen LogP contribution in [0.4, 0.5) is 5.69 Å². The molecule has 1 fully saturated rings. The number of carbonyl (C=O) groups excluding carboxylic acids is 3. The average Bonchev–Trinajstić information content (AvgIpc) is 2.36. The maximum atomic E-state index is 12.2. The van der Waals surface area contributed by atoms with Crippen molar-refractivity contribution in [3.8, 4) is 0 Å². The molecule has 0 aliphatic carbocycles. The summed E-state index contributed by atoms with van der Waals surface area (Å²) in [5, 5.41) is 13.1. The van der Waals surface area contributed by atoms with Crippen molar-refractivity contribution in [2.75, 3.05) is 13.1 Å². The first-order valence-corrected chi connectivity index (χ1v) is 5.82. The van der Waals surface area contributed by atoms with E-state index in [4.69, 9.17) is 11.6 Å². The van der Waals surface area contributed by atoms with Crippen molar-refractivity contribution in [3.05, 3.63) is 38.9 Å². The standard InChI is InChI=1S/C11H8ClN3O5/c12-6-1-2-7(8(3-6)15(19)20)11(18)14-4-9(16)13-10(17)5-14/h1-3H,4-5H2,(H,13,16,17). The highest BCUT2D eigenvalue weighted by atomic mass is 35.5. The second-order valence-corrected chi connectivity index (χ2v) is 4.49. The van der Waals surface area contributed by atoms with Crippen LogP contribution in [0.15, 0.2) is 18.2 Å². The number of nitro groups is 1. The molecule has 104 valence electrons. The molecule has 0 radical (unpaired) electrons. The Morgan fingerprint density at radius 1 is 1.30 bits per heavy atom. The van der Waals surface area contributed by atoms with E-state index >= 15 is 0 Å². The van der Waals surface area contributed by atoms with Crippen molar-refractivity contribution in [1.82, 2.24) is 10.2 Å². The second kappa shape index (κ2) is 5.25. The Morgan fingerprint density at radius 3 is 2.45 bits per heavy atom. The molecule has 1 aliphatic rings. The highest BCUT2D eigenvalue weighted by Crippen LogP contribution is 2.24. The van der Waals surface area contributed by atoms with Crippen molar-refractivity contribution in [2.45, 2.75) is 0 Å². The van der Waals surface area contributed by atoms with Gasteiger partial charge in [-0.05, 0) is 12.1 Å². The summed E-state index contributed by atoms with van der Waals surface area (Å²) in [6, 6.07) is 3.56. The molecule has 0 spiro atoms. The van der Waals surface area contributed by atoms with Gasteiger partial charge < -0.3 is 4.90 Å². The number of amides is 3. The van der Waals surface area contributed by atoms with Crippen LogP contribution < -0.4 is 5.32 Å². The molecule has 0 aromatic heterocycles. The van der Waals surface area contributed by atoms with Gasteiger partial charge in [0.1, 0.15) is 18.7 Å². The van der Waals surface area contributed by atoms with Gasteiger partial charge in [0.25, 0.3) is 11.6 Å². The number of nitrogens with zero attached hydrogens (tertiary/aromatic N) is 2. The largest absolute Gasteiger partial charge is 0.320 e. The van der Waals surface area contributed by atoms with Gasteiger partial charge >= 0.3 is 0 Å². The van der Waals surface area contributed by atoms with Crippen LogP contribution in [0.2, 0.25) is 5.02 Å². The zero-order valence-corrected chi connectivity index (χ0v) is 10.7. The molecule has 1 saturated heterocycles. The van der Waals surface area contributed by atoms with Crippen LogP contribution in [0.25, 0.3) is 0 Å². The Labute approximate surface area is 117 Å². The zero-order valence-electron chi connectivity index (χ0n) is 9.96. The van der Waals surface area contributed by atoms with Gasteiger partial charge in [0.15, 0.2) is 0 Å². The number of carbonyl (C=O) groups is 3. The number of piperazine rings is 1. The van der Waals surface area contributed by atoms with Gasteiger partial charge in [-0.3, -0.25) is 29.8 Å². The Bertz CT molecular complexity index is 614. The predicted octanol–water partition coefficient (Wildman–Crippen LogP) is 0.347. The van der Waals surface area contributed by atoms with E-state index < -0.39 is 28.3 Å². The summed E-state index contributed by atoms with van der Waals surface area (Å²) in [7, 11) is 0. The Hall–Kier alpha value is -2.48. The van der Waals surface area contributed by atoms with Crippen LogP contribution in [0.1, 0.15) is 10.4 Å². The molecule has 0 unspecified atom stereocenters. The Balaban J connectivity index is 2.36. The minimum atomic E-state index is -0.767. The van der Waals surface area contributed by atoms with Gasteiger partial charge in [-0.2, -0.15) is 0 Å². The molecule has 1 aromatic carbocycles. The topological polar surface area (TPSA) is 110 Å². The number of nitro benzene ring substituents is 1. The lowest BCUT2D eigenvalue weighted by atomic mass is 10.1. The summed E-state index contributed by atoms with van der Waals surface area (Å²) in [6.45, 7) is -0.658. The lowest BCUT2D eigenvalue weighted by molar-refractivity contribution is -0.385. The van der Waals surface area contributed by atoms with E-state index in [1.807, 2.05) is 5.32 Å². The van der Waals surface area contributed by atoms with Gasteiger partial charge in [-0.25, -0.2) is 0 Å². The van der Waals surface area contributed by atoms with Gasteiger partial charge in [0, 0.05) is 11.1 Å². The fraction of sp³-hybridized carbons (Fsp3) is 0.182. The fourth-order valence-corrected chi connectivity index (χ4v) is 1.95. The number of benzene rings is 1. The van der Waals surface area contributed by atoms with Crippen LogP contribution in [0.3, 0.4) is 0 Å². The first kappa shape index (κ1) is 13.9. The zero-order chi connectivity index (χ0) is 14.9. The lowest BCUT2D eigenvalue weighted by Gasteiger charge is -2.25. The third kappa shape index (κ3) is 2.75. The molecule has 8 nitrogen and oxygen atoms in total. The predicted molar refractivity (Wildman–Crippen MR) is 67.2 cm³/mol. The number of imide groups is 1. The maximum absolute atomic E-state index is 12.2. The third-order valence-electron chi connectivity index (χ3n) is 2.62. The molecule has 1 aromatic rings. The van der Waals surface area contributed by atoms with Crippen molar-refractivity contribution in [2.24, 2.45) is 0 Å². The fourth-order valence-electron chi connectivity index (χ4n) is 1.79. The minimum absolute atomic E-state index is 0.112. The summed E-state index contributed by atoms with van der Waals surface area (Å²) in [4.78, 5) is 45.7. The number of nitrogens with one attached hydrogen (secondary N) is 1. The lowest BCUT2D eigenvalue weighted by Crippen LogP contribution is -2.53. The molecule has 1 N–H and O–H groups in total. The number of halogens is 1. The van der Waals surface area contributed by atoms with Crippen LogP contribution in [-0.4, -0.2) is 40.6 Å². The summed E-state index contributed by atoms with van der Waals surface area (Å²) in [6.07, 6.45) is 0. The molecule has 0 saturated carbocycles. The normalized spacial score (nSPS) is 14.9. The summed E-state index contributed by atoms with van der Waals surface area (Å²) < 4.78 is 0. The van der Waals surface area contributed by atoms with Crippen LogP contribution in [0.5, 0.6) is 0 Å². The molecular formula is C11H8ClN3O5. The molecule has 0 bridgehead atoms. The monoisotopic (exact) mass is 297 g/mol. The van der Waals surface area contributed by atoms with E-state index in [0.29, 0.717) is 0 Å². The molecule has 9 heteroatoms. The van der Waals surface area contributed by atoms with Crippen molar-refractivity contribution >= 4 is 35.0 Å². The summed E-state index contributed by atoms with van der Waals surface area (Å²) >= 11 is 5.65. The molecule has 0 atom stereocenters. The number of rotatable bonds is 2.